The van der Waals surface area contributed by atoms with Crippen LogP contribution in [0.25, 0.3) is 0 Å². The fourth-order valence-corrected chi connectivity index (χ4v) is 2.62. The summed E-state index contributed by atoms with van der Waals surface area (Å²) in [5, 5.41) is 7.35. The van der Waals surface area contributed by atoms with Gasteiger partial charge in [-0.25, -0.2) is 17.9 Å². The first-order chi connectivity index (χ1) is 9.36. The number of anilines is 1. The number of carbonyl (C=O) groups is 1. The molecular formula is C13H15FN2O3S. The molecule has 0 aliphatic heterocycles. The lowest BCUT2D eigenvalue weighted by atomic mass is 10.1. The first kappa shape index (κ1) is 14.7. The van der Waals surface area contributed by atoms with Gasteiger partial charge in [-0.05, 0) is 37.0 Å². The van der Waals surface area contributed by atoms with E-state index in [-0.39, 0.29) is 28.8 Å². The number of rotatable bonds is 4. The first-order valence-corrected chi connectivity index (χ1v) is 7.70. The van der Waals surface area contributed by atoms with Crippen molar-refractivity contribution in [2.45, 2.75) is 24.2 Å². The second-order valence-electron chi connectivity index (χ2n) is 4.70. The molecule has 7 heteroatoms. The third-order valence-electron chi connectivity index (χ3n) is 3.10. The molecule has 0 bridgehead atoms. The zero-order valence-corrected chi connectivity index (χ0v) is 11.5. The lowest BCUT2D eigenvalue weighted by molar-refractivity contribution is -0.116. The lowest BCUT2D eigenvalue weighted by Crippen LogP contribution is -2.17. The summed E-state index contributed by atoms with van der Waals surface area (Å²) >= 11 is 0. The molecule has 1 aliphatic rings. The van der Waals surface area contributed by atoms with Gasteiger partial charge in [0.1, 0.15) is 5.82 Å². The van der Waals surface area contributed by atoms with Crippen LogP contribution in [-0.2, 0) is 14.8 Å². The van der Waals surface area contributed by atoms with Crippen LogP contribution in [0.15, 0.2) is 35.2 Å². The minimum absolute atomic E-state index is 0.152. The van der Waals surface area contributed by atoms with Crippen LogP contribution in [0.3, 0.4) is 0 Å². The first-order valence-electron chi connectivity index (χ1n) is 6.15. The largest absolute Gasteiger partial charge is 0.324 e. The Labute approximate surface area is 116 Å². The summed E-state index contributed by atoms with van der Waals surface area (Å²) in [6.07, 6.45) is 6.03. The maximum absolute atomic E-state index is 13.6. The molecule has 0 saturated heterocycles. The fourth-order valence-electron chi connectivity index (χ4n) is 2.08. The summed E-state index contributed by atoms with van der Waals surface area (Å²) in [7, 11) is -3.93. The van der Waals surface area contributed by atoms with Crippen molar-refractivity contribution < 1.29 is 17.6 Å². The number of hydrogen-bond acceptors (Lipinski definition) is 3. The van der Waals surface area contributed by atoms with E-state index in [9.17, 15) is 17.6 Å². The Balaban J connectivity index is 2.12. The van der Waals surface area contributed by atoms with Crippen LogP contribution < -0.4 is 10.5 Å². The van der Waals surface area contributed by atoms with E-state index in [2.05, 4.69) is 5.32 Å². The molecule has 108 valence electrons. The molecule has 1 unspecified atom stereocenters. The van der Waals surface area contributed by atoms with E-state index < -0.39 is 15.8 Å². The fraction of sp³-hybridized carbons (Fsp3) is 0.308. The van der Waals surface area contributed by atoms with E-state index in [1.807, 2.05) is 12.2 Å². The van der Waals surface area contributed by atoms with Crippen molar-refractivity contribution in [1.82, 2.24) is 0 Å². The molecule has 0 fully saturated rings. The number of halogens is 1. The van der Waals surface area contributed by atoms with Gasteiger partial charge >= 0.3 is 0 Å². The Kier molecular flexibility index (Phi) is 4.20. The second-order valence-corrected chi connectivity index (χ2v) is 6.27. The molecule has 3 N–H and O–H groups in total. The van der Waals surface area contributed by atoms with Crippen LogP contribution in [0.2, 0.25) is 0 Å². The van der Waals surface area contributed by atoms with Gasteiger partial charge in [0.25, 0.3) is 0 Å². The number of nitrogens with two attached hydrogens (primary N) is 1. The molecule has 0 heterocycles. The van der Waals surface area contributed by atoms with Crippen LogP contribution in [0.5, 0.6) is 0 Å². The standard InChI is InChI=1S/C13H15FN2O3S/c14-11-6-5-10(20(15,18)19)8-12(11)16-13(17)7-9-3-1-2-4-9/h1,3,5-6,8-9H,2,4,7H2,(H,16,17)(H2,15,18,19). The van der Waals surface area contributed by atoms with Gasteiger partial charge in [-0.1, -0.05) is 12.2 Å². The molecule has 5 nitrogen and oxygen atoms in total. The van der Waals surface area contributed by atoms with Crippen molar-refractivity contribution in [3.63, 3.8) is 0 Å². The van der Waals surface area contributed by atoms with Crippen molar-refractivity contribution in [2.24, 2.45) is 11.1 Å². The smallest absolute Gasteiger partial charge is 0.238 e. The van der Waals surface area contributed by atoms with Gasteiger partial charge in [0.2, 0.25) is 15.9 Å². The topological polar surface area (TPSA) is 89.3 Å². The monoisotopic (exact) mass is 298 g/mol. The number of allylic oxidation sites excluding steroid dienone is 2. The van der Waals surface area contributed by atoms with E-state index >= 15 is 0 Å². The molecule has 1 aliphatic carbocycles. The van der Waals surface area contributed by atoms with Crippen molar-refractivity contribution in [1.29, 1.82) is 0 Å². The van der Waals surface area contributed by atoms with Gasteiger partial charge in [0.15, 0.2) is 0 Å². The van der Waals surface area contributed by atoms with Crippen LogP contribution in [0.4, 0.5) is 10.1 Å². The molecule has 20 heavy (non-hydrogen) atoms. The molecule has 0 saturated carbocycles. The van der Waals surface area contributed by atoms with E-state index in [1.165, 1.54) is 0 Å². The second kappa shape index (κ2) is 5.72. The SMILES string of the molecule is NS(=O)(=O)c1ccc(F)c(NC(=O)CC2C=CCC2)c1. The van der Waals surface area contributed by atoms with Gasteiger partial charge in [-0.3, -0.25) is 4.79 Å². The summed E-state index contributed by atoms with van der Waals surface area (Å²) < 4.78 is 36.0. The summed E-state index contributed by atoms with van der Waals surface area (Å²) in [6.45, 7) is 0. The normalized spacial score (nSPS) is 18.2. The number of primary sulfonamides is 1. The highest BCUT2D eigenvalue weighted by Crippen LogP contribution is 2.23. The molecule has 0 spiro atoms. The number of carbonyl (C=O) groups excluding carboxylic acids is 1. The molecule has 1 aromatic carbocycles. The predicted octanol–water partition coefficient (Wildman–Crippen LogP) is 1.77. The lowest BCUT2D eigenvalue weighted by Gasteiger charge is -2.10. The van der Waals surface area contributed by atoms with Gasteiger partial charge in [-0.2, -0.15) is 0 Å². The average Bonchev–Trinajstić information content (AvgIpc) is 2.83. The number of amides is 1. The van der Waals surface area contributed by atoms with Crippen molar-refractivity contribution in [2.75, 3.05) is 5.32 Å². The Morgan fingerprint density at radius 1 is 1.45 bits per heavy atom. The highest BCUT2D eigenvalue weighted by molar-refractivity contribution is 7.89. The summed E-state index contributed by atoms with van der Waals surface area (Å²) in [4.78, 5) is 11.5. The average molecular weight is 298 g/mol. The van der Waals surface area contributed by atoms with E-state index in [1.54, 1.807) is 0 Å². The number of benzene rings is 1. The van der Waals surface area contributed by atoms with E-state index in [4.69, 9.17) is 5.14 Å². The van der Waals surface area contributed by atoms with Crippen LogP contribution in [-0.4, -0.2) is 14.3 Å². The minimum atomic E-state index is -3.93. The zero-order chi connectivity index (χ0) is 14.8. The van der Waals surface area contributed by atoms with E-state index in [0.29, 0.717) is 0 Å². The predicted molar refractivity (Wildman–Crippen MR) is 72.9 cm³/mol. The van der Waals surface area contributed by atoms with Crippen molar-refractivity contribution in [3.8, 4) is 0 Å². The van der Waals surface area contributed by atoms with Gasteiger partial charge < -0.3 is 5.32 Å². The highest BCUT2D eigenvalue weighted by atomic mass is 32.2. The number of hydrogen-bond donors (Lipinski definition) is 2. The molecule has 0 radical (unpaired) electrons. The maximum Gasteiger partial charge on any atom is 0.238 e. The van der Waals surface area contributed by atoms with Crippen LogP contribution >= 0.6 is 0 Å². The highest BCUT2D eigenvalue weighted by Gasteiger charge is 2.17. The Morgan fingerprint density at radius 2 is 2.20 bits per heavy atom. The van der Waals surface area contributed by atoms with Crippen LogP contribution in [0, 0.1) is 11.7 Å². The molecular weight excluding hydrogens is 283 g/mol. The van der Waals surface area contributed by atoms with Crippen LogP contribution in [0.1, 0.15) is 19.3 Å². The third kappa shape index (κ3) is 3.64. The van der Waals surface area contributed by atoms with Gasteiger partial charge in [0.05, 0.1) is 10.6 Å². The quantitative estimate of drug-likeness (QED) is 0.830. The molecule has 1 aromatic rings. The Morgan fingerprint density at radius 3 is 2.80 bits per heavy atom. The Hall–Kier alpha value is -1.73. The number of nitrogens with one attached hydrogen (secondary N) is 1. The van der Waals surface area contributed by atoms with Crippen molar-refractivity contribution >= 4 is 21.6 Å². The van der Waals surface area contributed by atoms with Crippen molar-refractivity contribution in [3.05, 3.63) is 36.2 Å². The molecule has 2 rings (SSSR count). The summed E-state index contributed by atoms with van der Waals surface area (Å²) in [6, 6.07) is 3.04. The number of sulfonamides is 1. The Bertz CT molecular complexity index is 656. The summed E-state index contributed by atoms with van der Waals surface area (Å²) in [5.41, 5.74) is -0.177. The molecule has 1 amide bonds. The van der Waals surface area contributed by atoms with E-state index in [0.717, 1.165) is 31.0 Å². The molecule has 0 aromatic heterocycles. The zero-order valence-electron chi connectivity index (χ0n) is 10.7. The third-order valence-corrected chi connectivity index (χ3v) is 4.01. The minimum Gasteiger partial charge on any atom is -0.324 e. The van der Waals surface area contributed by atoms with Gasteiger partial charge in [0, 0.05) is 6.42 Å². The van der Waals surface area contributed by atoms with Gasteiger partial charge in [-0.15, -0.1) is 0 Å². The summed E-state index contributed by atoms with van der Waals surface area (Å²) in [5.74, 6) is -0.904. The maximum atomic E-state index is 13.6. The molecule has 1 atom stereocenters.